The van der Waals surface area contributed by atoms with Crippen molar-refractivity contribution in [2.75, 3.05) is 5.75 Å². The number of rotatable bonds is 3. The standard InChI is InChI=1S/C17H17BrClNS/c1-11(13-4-2-3-5-15(13)18)20-16-8-9-21-17-7-6-12(19)10-14(16)17/h2-7,10-11,16,20H,8-9H2,1H3. The van der Waals surface area contributed by atoms with Crippen molar-refractivity contribution >= 4 is 39.3 Å². The predicted molar refractivity (Wildman–Crippen MR) is 95.2 cm³/mol. The van der Waals surface area contributed by atoms with Gasteiger partial charge in [0, 0.05) is 26.5 Å². The Morgan fingerprint density at radius 2 is 2.10 bits per heavy atom. The summed E-state index contributed by atoms with van der Waals surface area (Å²) in [7, 11) is 0. The van der Waals surface area contributed by atoms with Gasteiger partial charge in [-0.3, -0.25) is 0 Å². The average Bonchev–Trinajstić information content (AvgIpc) is 2.48. The molecule has 1 nitrogen and oxygen atoms in total. The maximum absolute atomic E-state index is 6.18. The van der Waals surface area contributed by atoms with Gasteiger partial charge in [0.15, 0.2) is 0 Å². The first-order valence-corrected chi connectivity index (χ1v) is 9.23. The van der Waals surface area contributed by atoms with Gasteiger partial charge in [0.05, 0.1) is 0 Å². The zero-order chi connectivity index (χ0) is 14.8. The fourth-order valence-corrected chi connectivity index (χ4v) is 4.67. The Balaban J connectivity index is 1.83. The lowest BCUT2D eigenvalue weighted by atomic mass is 10.0. The van der Waals surface area contributed by atoms with Crippen LogP contribution in [0.5, 0.6) is 0 Å². The van der Waals surface area contributed by atoms with Gasteiger partial charge in [0.2, 0.25) is 0 Å². The molecule has 21 heavy (non-hydrogen) atoms. The summed E-state index contributed by atoms with van der Waals surface area (Å²) in [6.45, 7) is 2.21. The molecule has 2 unspecified atom stereocenters. The molecule has 2 atom stereocenters. The van der Waals surface area contributed by atoms with E-state index in [2.05, 4.69) is 58.5 Å². The molecular weight excluding hydrogens is 366 g/mol. The van der Waals surface area contributed by atoms with Crippen molar-refractivity contribution in [3.05, 3.63) is 63.1 Å². The minimum Gasteiger partial charge on any atom is -0.303 e. The van der Waals surface area contributed by atoms with Gasteiger partial charge < -0.3 is 5.32 Å². The van der Waals surface area contributed by atoms with Crippen LogP contribution in [0.15, 0.2) is 51.8 Å². The smallest absolute Gasteiger partial charge is 0.0410 e. The highest BCUT2D eigenvalue weighted by molar-refractivity contribution is 9.10. The van der Waals surface area contributed by atoms with E-state index >= 15 is 0 Å². The van der Waals surface area contributed by atoms with Crippen molar-refractivity contribution in [2.45, 2.75) is 30.3 Å². The van der Waals surface area contributed by atoms with Crippen molar-refractivity contribution in [2.24, 2.45) is 0 Å². The summed E-state index contributed by atoms with van der Waals surface area (Å²) in [5.41, 5.74) is 2.62. The van der Waals surface area contributed by atoms with Crippen LogP contribution in [0.25, 0.3) is 0 Å². The lowest BCUT2D eigenvalue weighted by molar-refractivity contribution is 0.449. The number of fused-ring (bicyclic) bond motifs is 1. The first-order chi connectivity index (χ1) is 10.1. The number of nitrogens with one attached hydrogen (secondary N) is 1. The SMILES string of the molecule is CC(NC1CCSc2ccc(Cl)cc21)c1ccccc1Br. The van der Waals surface area contributed by atoms with Gasteiger partial charge >= 0.3 is 0 Å². The molecule has 0 saturated carbocycles. The Hall–Kier alpha value is -0.480. The van der Waals surface area contributed by atoms with E-state index in [1.54, 1.807) is 0 Å². The molecule has 0 saturated heterocycles. The van der Waals surface area contributed by atoms with Gasteiger partial charge in [-0.25, -0.2) is 0 Å². The molecule has 0 spiro atoms. The topological polar surface area (TPSA) is 12.0 Å². The predicted octanol–water partition coefficient (Wildman–Crippen LogP) is 5.99. The van der Waals surface area contributed by atoms with Crippen molar-refractivity contribution in [1.29, 1.82) is 0 Å². The Bertz CT molecular complexity index is 646. The number of hydrogen-bond donors (Lipinski definition) is 1. The normalized spacial score (nSPS) is 19.1. The zero-order valence-electron chi connectivity index (χ0n) is 11.8. The molecule has 110 valence electrons. The average molecular weight is 383 g/mol. The van der Waals surface area contributed by atoms with Crippen LogP contribution in [0.3, 0.4) is 0 Å². The summed E-state index contributed by atoms with van der Waals surface area (Å²) in [4.78, 5) is 1.35. The molecule has 1 heterocycles. The largest absolute Gasteiger partial charge is 0.303 e. The maximum atomic E-state index is 6.18. The highest BCUT2D eigenvalue weighted by atomic mass is 79.9. The molecule has 1 N–H and O–H groups in total. The third-order valence-corrected chi connectivity index (χ3v) is 5.91. The van der Waals surface area contributed by atoms with Crippen LogP contribution in [-0.4, -0.2) is 5.75 Å². The van der Waals surface area contributed by atoms with Gasteiger partial charge in [0.1, 0.15) is 0 Å². The summed E-state index contributed by atoms with van der Waals surface area (Å²) in [5, 5.41) is 4.57. The second kappa shape index (κ2) is 6.74. The molecule has 0 bridgehead atoms. The Morgan fingerprint density at radius 3 is 2.90 bits per heavy atom. The molecule has 4 heteroatoms. The summed E-state index contributed by atoms with van der Waals surface area (Å²) in [6.07, 6.45) is 1.13. The van der Waals surface area contributed by atoms with E-state index in [0.717, 1.165) is 21.7 Å². The van der Waals surface area contributed by atoms with Crippen LogP contribution in [0.2, 0.25) is 5.02 Å². The molecule has 0 radical (unpaired) electrons. The van der Waals surface area contributed by atoms with Crippen molar-refractivity contribution in [1.82, 2.24) is 5.32 Å². The lowest BCUT2D eigenvalue weighted by Gasteiger charge is -2.29. The van der Waals surface area contributed by atoms with Crippen molar-refractivity contribution in [3.63, 3.8) is 0 Å². The summed E-state index contributed by atoms with van der Waals surface area (Å²) in [6, 6.07) is 15.3. The van der Waals surface area contributed by atoms with Crippen LogP contribution in [-0.2, 0) is 0 Å². The second-order valence-corrected chi connectivity index (χ2v) is 7.71. The molecule has 2 aromatic carbocycles. The minimum atomic E-state index is 0.292. The van der Waals surface area contributed by atoms with Crippen molar-refractivity contribution in [3.8, 4) is 0 Å². The fraction of sp³-hybridized carbons (Fsp3) is 0.294. The number of benzene rings is 2. The molecule has 0 aromatic heterocycles. The number of hydrogen-bond acceptors (Lipinski definition) is 2. The summed E-state index contributed by atoms with van der Waals surface area (Å²) < 4.78 is 1.15. The molecule has 1 aliphatic heterocycles. The van der Waals surface area contributed by atoms with E-state index < -0.39 is 0 Å². The molecule has 0 fully saturated rings. The van der Waals surface area contributed by atoms with Crippen LogP contribution < -0.4 is 5.32 Å². The Kier molecular flexibility index (Phi) is 4.95. The number of halogens is 2. The molecule has 2 aromatic rings. The number of thioether (sulfide) groups is 1. The summed E-state index contributed by atoms with van der Waals surface area (Å²) in [5.74, 6) is 1.15. The highest BCUT2D eigenvalue weighted by Crippen LogP contribution is 2.39. The Labute approximate surface area is 143 Å². The molecule has 0 aliphatic carbocycles. The van der Waals surface area contributed by atoms with E-state index in [4.69, 9.17) is 11.6 Å². The molecule has 1 aliphatic rings. The zero-order valence-corrected chi connectivity index (χ0v) is 14.9. The van der Waals surface area contributed by atoms with E-state index in [1.807, 2.05) is 23.9 Å². The van der Waals surface area contributed by atoms with Gasteiger partial charge in [-0.1, -0.05) is 45.7 Å². The first-order valence-electron chi connectivity index (χ1n) is 7.08. The molecule has 3 rings (SSSR count). The second-order valence-electron chi connectivity index (χ2n) is 5.28. The molecule has 0 amide bonds. The Morgan fingerprint density at radius 1 is 1.29 bits per heavy atom. The van der Waals surface area contributed by atoms with Crippen LogP contribution in [0, 0.1) is 0 Å². The first kappa shape index (κ1) is 15.4. The summed E-state index contributed by atoms with van der Waals surface area (Å²) >= 11 is 11.7. The third kappa shape index (κ3) is 3.48. The third-order valence-electron chi connectivity index (χ3n) is 3.83. The van der Waals surface area contributed by atoms with E-state index in [1.165, 1.54) is 16.0 Å². The van der Waals surface area contributed by atoms with Crippen LogP contribution in [0.1, 0.15) is 36.6 Å². The van der Waals surface area contributed by atoms with Crippen molar-refractivity contribution < 1.29 is 0 Å². The van der Waals surface area contributed by atoms with E-state index in [9.17, 15) is 0 Å². The monoisotopic (exact) mass is 381 g/mol. The fourth-order valence-electron chi connectivity index (χ4n) is 2.76. The quantitative estimate of drug-likeness (QED) is 0.699. The maximum Gasteiger partial charge on any atom is 0.0410 e. The van der Waals surface area contributed by atoms with Gasteiger partial charge in [0.25, 0.3) is 0 Å². The van der Waals surface area contributed by atoms with Crippen LogP contribution in [0.4, 0.5) is 0 Å². The van der Waals surface area contributed by atoms with Gasteiger partial charge in [-0.2, -0.15) is 0 Å². The van der Waals surface area contributed by atoms with Gasteiger partial charge in [-0.15, -0.1) is 11.8 Å². The lowest BCUT2D eigenvalue weighted by Crippen LogP contribution is -2.27. The highest BCUT2D eigenvalue weighted by Gasteiger charge is 2.23. The van der Waals surface area contributed by atoms with Gasteiger partial charge in [-0.05, 0) is 54.5 Å². The van der Waals surface area contributed by atoms with E-state index in [-0.39, 0.29) is 0 Å². The molecular formula is C17H17BrClNS. The minimum absolute atomic E-state index is 0.292. The van der Waals surface area contributed by atoms with E-state index in [0.29, 0.717) is 12.1 Å². The van der Waals surface area contributed by atoms with Crippen LogP contribution >= 0.6 is 39.3 Å².